The molecule has 7 rings (SSSR count). The zero-order valence-electron chi connectivity index (χ0n) is 19.3. The normalized spacial score (nSPS) is 24.7. The summed E-state index contributed by atoms with van der Waals surface area (Å²) in [6, 6.07) is 18.1. The number of hydrogen-bond acceptors (Lipinski definition) is 6. The zero-order valence-corrected chi connectivity index (χ0v) is 20.1. The summed E-state index contributed by atoms with van der Waals surface area (Å²) in [5.74, 6) is -1.67. The van der Waals surface area contributed by atoms with E-state index in [0.717, 1.165) is 11.3 Å². The number of hydrogen-bond donors (Lipinski definition) is 1. The van der Waals surface area contributed by atoms with Gasteiger partial charge in [-0.15, -0.1) is 0 Å². The summed E-state index contributed by atoms with van der Waals surface area (Å²) in [5, 5.41) is 3.48. The second-order valence-corrected chi connectivity index (χ2v) is 9.79. The maximum absolute atomic E-state index is 14.0. The number of anilines is 3. The Bertz CT molecular complexity index is 1500. The summed E-state index contributed by atoms with van der Waals surface area (Å²) >= 11 is 6.01. The second kappa shape index (κ2) is 8.11. The molecule has 9 heteroatoms. The zero-order chi connectivity index (χ0) is 25.3. The maximum atomic E-state index is 14.0. The molecule has 2 fully saturated rings. The molecule has 4 atom stereocenters. The molecule has 2 saturated heterocycles. The molecule has 4 aliphatic heterocycles. The van der Waals surface area contributed by atoms with Crippen molar-refractivity contribution in [1.29, 1.82) is 0 Å². The van der Waals surface area contributed by atoms with Crippen molar-refractivity contribution >= 4 is 52.5 Å². The number of benzene rings is 3. The molecule has 3 aromatic rings. The fraction of sp³-hybridized carbons (Fsp3) is 0.179. The number of fused-ring (bicyclic) bond motifs is 6. The van der Waals surface area contributed by atoms with Gasteiger partial charge in [0.15, 0.2) is 11.5 Å². The summed E-state index contributed by atoms with van der Waals surface area (Å²) in [5.41, 5.74) is 2.70. The standard InChI is InChI=1S/C28H20ClN3O5/c29-16-6-8-17(9-7-16)30-26(33)25-24-23(20-11-5-15-3-1-2-4-19(15)32(20)25)27(34)31(28(24)35)18-10-12-21-22(13-18)37-14-36-21/h1-13,20,23-25H,14H2,(H,30,33)/t20-,23+,24-,25+/m1/s1. The van der Waals surface area contributed by atoms with Crippen molar-refractivity contribution in [3.63, 3.8) is 0 Å². The van der Waals surface area contributed by atoms with E-state index in [9.17, 15) is 14.4 Å². The van der Waals surface area contributed by atoms with Crippen LogP contribution in [-0.4, -0.2) is 36.6 Å². The first-order valence-corrected chi connectivity index (χ1v) is 12.3. The molecule has 0 radical (unpaired) electrons. The Labute approximate surface area is 217 Å². The molecule has 0 bridgehead atoms. The van der Waals surface area contributed by atoms with Gasteiger partial charge in [0.05, 0.1) is 23.6 Å². The van der Waals surface area contributed by atoms with Crippen LogP contribution < -0.4 is 24.6 Å². The minimum absolute atomic E-state index is 0.0834. The minimum Gasteiger partial charge on any atom is -0.454 e. The van der Waals surface area contributed by atoms with Crippen molar-refractivity contribution in [3.05, 3.63) is 83.4 Å². The number of ether oxygens (including phenoxy) is 2. The molecule has 184 valence electrons. The summed E-state index contributed by atoms with van der Waals surface area (Å²) in [7, 11) is 0. The summed E-state index contributed by atoms with van der Waals surface area (Å²) in [4.78, 5) is 44.7. The summed E-state index contributed by atoms with van der Waals surface area (Å²) in [6.45, 7) is 0.0834. The van der Waals surface area contributed by atoms with Crippen molar-refractivity contribution in [2.45, 2.75) is 12.1 Å². The number of amides is 3. The average molecular weight is 514 g/mol. The van der Waals surface area contributed by atoms with E-state index in [-0.39, 0.29) is 18.6 Å². The third kappa shape index (κ3) is 3.25. The van der Waals surface area contributed by atoms with E-state index in [1.54, 1.807) is 42.5 Å². The van der Waals surface area contributed by atoms with Crippen molar-refractivity contribution in [3.8, 4) is 11.5 Å². The number of imide groups is 1. The Morgan fingerprint density at radius 2 is 1.68 bits per heavy atom. The van der Waals surface area contributed by atoms with E-state index in [1.807, 2.05) is 41.3 Å². The number of halogens is 1. The molecule has 0 spiro atoms. The largest absolute Gasteiger partial charge is 0.454 e. The van der Waals surface area contributed by atoms with Gasteiger partial charge < -0.3 is 19.7 Å². The Balaban J connectivity index is 1.30. The van der Waals surface area contributed by atoms with Crippen molar-refractivity contribution in [2.75, 3.05) is 21.9 Å². The fourth-order valence-electron chi connectivity index (χ4n) is 5.84. The third-order valence-electron chi connectivity index (χ3n) is 7.41. The lowest BCUT2D eigenvalue weighted by Gasteiger charge is -2.36. The molecule has 3 aromatic carbocycles. The van der Waals surface area contributed by atoms with Gasteiger partial charge >= 0.3 is 0 Å². The van der Waals surface area contributed by atoms with E-state index in [1.165, 1.54) is 4.90 Å². The van der Waals surface area contributed by atoms with Crippen LogP contribution in [0.3, 0.4) is 0 Å². The Hall–Kier alpha value is -4.30. The van der Waals surface area contributed by atoms with Crippen molar-refractivity contribution < 1.29 is 23.9 Å². The highest BCUT2D eigenvalue weighted by Gasteiger charge is 2.64. The number of nitrogens with zero attached hydrogens (tertiary/aromatic N) is 2. The molecule has 1 N–H and O–H groups in total. The topological polar surface area (TPSA) is 88.2 Å². The van der Waals surface area contributed by atoms with Gasteiger partial charge in [-0.3, -0.25) is 14.4 Å². The number of nitrogens with one attached hydrogen (secondary N) is 1. The van der Waals surface area contributed by atoms with E-state index in [4.69, 9.17) is 21.1 Å². The van der Waals surface area contributed by atoms with E-state index >= 15 is 0 Å². The Kier molecular flexibility index (Phi) is 4.81. The Morgan fingerprint density at radius 3 is 2.51 bits per heavy atom. The number of rotatable bonds is 3. The molecule has 4 aliphatic rings. The van der Waals surface area contributed by atoms with Gasteiger partial charge in [0.2, 0.25) is 24.5 Å². The van der Waals surface area contributed by atoms with E-state index < -0.39 is 29.8 Å². The molecular weight excluding hydrogens is 494 g/mol. The Morgan fingerprint density at radius 1 is 0.919 bits per heavy atom. The molecular formula is C28H20ClN3O5. The quantitative estimate of drug-likeness (QED) is 0.531. The van der Waals surface area contributed by atoms with Crippen molar-refractivity contribution in [2.24, 2.45) is 11.8 Å². The summed E-state index contributed by atoms with van der Waals surface area (Å²) in [6.07, 6.45) is 3.87. The minimum atomic E-state index is -0.896. The highest BCUT2D eigenvalue weighted by molar-refractivity contribution is 6.30. The van der Waals surface area contributed by atoms with Gasteiger partial charge in [0, 0.05) is 22.5 Å². The van der Waals surface area contributed by atoms with Gasteiger partial charge in [-0.2, -0.15) is 0 Å². The van der Waals surface area contributed by atoms with Gasteiger partial charge in [0.1, 0.15) is 6.04 Å². The smallest absolute Gasteiger partial charge is 0.247 e. The first-order chi connectivity index (χ1) is 18.0. The highest BCUT2D eigenvalue weighted by Crippen LogP contribution is 2.50. The average Bonchev–Trinajstić information content (AvgIpc) is 3.58. The van der Waals surface area contributed by atoms with Crippen LogP contribution in [0, 0.1) is 11.8 Å². The molecule has 37 heavy (non-hydrogen) atoms. The lowest BCUT2D eigenvalue weighted by atomic mass is 9.88. The SMILES string of the molecule is O=C(Nc1ccc(Cl)cc1)[C@@H]1[C@@H]2C(=O)N(c3ccc4c(c3)OCO4)C(=O)[C@H]2[C@H]2C=Cc3ccccc3N21. The van der Waals surface area contributed by atoms with Gasteiger partial charge in [-0.25, -0.2) is 4.90 Å². The van der Waals surface area contributed by atoms with Crippen LogP contribution in [0.25, 0.3) is 6.08 Å². The monoisotopic (exact) mass is 513 g/mol. The first-order valence-electron chi connectivity index (χ1n) is 11.9. The lowest BCUT2D eigenvalue weighted by molar-refractivity contribution is -0.126. The van der Waals surface area contributed by atoms with Crippen LogP contribution in [0.4, 0.5) is 17.1 Å². The van der Waals surface area contributed by atoms with Crippen LogP contribution >= 0.6 is 11.6 Å². The molecule has 0 aromatic heterocycles. The number of carbonyl (C=O) groups excluding carboxylic acids is 3. The first kappa shape index (κ1) is 21.9. The predicted octanol–water partition coefficient (Wildman–Crippen LogP) is 4.10. The van der Waals surface area contributed by atoms with Crippen LogP contribution in [0.15, 0.2) is 72.8 Å². The number of para-hydroxylation sites is 1. The van der Waals surface area contributed by atoms with Crippen molar-refractivity contribution in [1.82, 2.24) is 0 Å². The molecule has 3 amide bonds. The van der Waals surface area contributed by atoms with Gasteiger partial charge in [-0.1, -0.05) is 42.0 Å². The fourth-order valence-corrected chi connectivity index (χ4v) is 5.97. The van der Waals surface area contributed by atoms with Gasteiger partial charge in [0.25, 0.3) is 0 Å². The number of carbonyl (C=O) groups is 3. The highest BCUT2D eigenvalue weighted by atomic mass is 35.5. The van der Waals surface area contributed by atoms with Crippen LogP contribution in [0.2, 0.25) is 5.02 Å². The van der Waals surface area contributed by atoms with E-state index in [2.05, 4.69) is 5.32 Å². The van der Waals surface area contributed by atoms with Crippen LogP contribution in [-0.2, 0) is 14.4 Å². The molecule has 8 nitrogen and oxygen atoms in total. The van der Waals surface area contributed by atoms with Gasteiger partial charge in [-0.05, 0) is 48.0 Å². The maximum Gasteiger partial charge on any atom is 0.247 e. The van der Waals surface area contributed by atoms with Crippen LogP contribution in [0.1, 0.15) is 5.56 Å². The predicted molar refractivity (Wildman–Crippen MR) is 138 cm³/mol. The molecule has 0 unspecified atom stereocenters. The third-order valence-corrected chi connectivity index (χ3v) is 7.66. The van der Waals surface area contributed by atoms with E-state index in [0.29, 0.717) is 27.9 Å². The molecule has 0 aliphatic carbocycles. The lowest BCUT2D eigenvalue weighted by Crippen LogP contribution is -2.50. The molecule has 0 saturated carbocycles. The second-order valence-electron chi connectivity index (χ2n) is 9.36. The molecule has 4 heterocycles. The van der Waals surface area contributed by atoms with Crippen LogP contribution in [0.5, 0.6) is 11.5 Å². The summed E-state index contributed by atoms with van der Waals surface area (Å²) < 4.78 is 10.8.